The van der Waals surface area contributed by atoms with Crippen LogP contribution in [0, 0.1) is 5.92 Å². The van der Waals surface area contributed by atoms with Gasteiger partial charge in [0.15, 0.2) is 0 Å². The number of nitrogens with zero attached hydrogens (tertiary/aromatic N) is 1. The van der Waals surface area contributed by atoms with Gasteiger partial charge in [0.1, 0.15) is 0 Å². The molecule has 0 atom stereocenters. The van der Waals surface area contributed by atoms with Crippen LogP contribution in [0.1, 0.15) is 24.8 Å². The Bertz CT molecular complexity index is 632. The Labute approximate surface area is 114 Å². The zero-order valence-corrected chi connectivity index (χ0v) is 11.2. The quantitative estimate of drug-likeness (QED) is 0.885. The molecule has 2 heterocycles. The van der Waals surface area contributed by atoms with Crippen LogP contribution in [0.5, 0.6) is 0 Å². The molecular weight excluding hydrogens is 232 g/mol. The minimum Gasteiger partial charge on any atom is -0.347 e. The van der Waals surface area contributed by atoms with E-state index in [4.69, 9.17) is 0 Å². The molecule has 2 nitrogen and oxygen atoms in total. The van der Waals surface area contributed by atoms with Crippen molar-refractivity contribution in [2.45, 2.75) is 25.8 Å². The third-order valence-corrected chi connectivity index (χ3v) is 4.35. The van der Waals surface area contributed by atoms with Crippen molar-refractivity contribution in [3.8, 4) is 0 Å². The predicted octanol–water partition coefficient (Wildman–Crippen LogP) is 3.43. The Hall–Kier alpha value is -1.54. The van der Waals surface area contributed by atoms with Gasteiger partial charge >= 0.3 is 0 Å². The van der Waals surface area contributed by atoms with Gasteiger partial charge in [-0.1, -0.05) is 24.3 Å². The third kappa shape index (κ3) is 2.10. The van der Waals surface area contributed by atoms with Gasteiger partial charge in [-0.25, -0.2) is 0 Å². The van der Waals surface area contributed by atoms with E-state index in [-0.39, 0.29) is 0 Å². The predicted molar refractivity (Wildman–Crippen MR) is 80.1 cm³/mol. The Morgan fingerprint density at radius 2 is 2.11 bits per heavy atom. The first-order chi connectivity index (χ1) is 9.42. The topological polar surface area (TPSA) is 17.0 Å². The fourth-order valence-electron chi connectivity index (χ4n) is 3.10. The van der Waals surface area contributed by atoms with Gasteiger partial charge in [-0.3, -0.25) is 0 Å². The molecule has 98 valence electrons. The Morgan fingerprint density at radius 3 is 2.89 bits per heavy atom. The summed E-state index contributed by atoms with van der Waals surface area (Å²) in [7, 11) is 0. The first-order valence-corrected chi connectivity index (χ1v) is 7.40. The lowest BCUT2D eigenvalue weighted by molar-refractivity contribution is 0.646. The van der Waals surface area contributed by atoms with Crippen molar-refractivity contribution >= 4 is 16.5 Å². The standard InChI is InChI=1S/C17H20N2/c1-2-4-17-15(3-1)16(14-7-9-18-10-8-14)12-19(17)11-13-5-6-13/h1-4,7,12-13,18H,5-6,8-11H2. The van der Waals surface area contributed by atoms with Gasteiger partial charge in [0.2, 0.25) is 0 Å². The Morgan fingerprint density at radius 1 is 1.21 bits per heavy atom. The van der Waals surface area contributed by atoms with Crippen molar-refractivity contribution in [1.82, 2.24) is 9.88 Å². The molecule has 0 amide bonds. The largest absolute Gasteiger partial charge is 0.347 e. The van der Waals surface area contributed by atoms with Gasteiger partial charge in [-0.15, -0.1) is 0 Å². The molecule has 19 heavy (non-hydrogen) atoms. The normalized spacial score (nSPS) is 19.7. The highest BCUT2D eigenvalue weighted by Crippen LogP contribution is 2.35. The van der Waals surface area contributed by atoms with E-state index in [0.29, 0.717) is 0 Å². The second-order valence-electron chi connectivity index (χ2n) is 5.84. The van der Waals surface area contributed by atoms with E-state index < -0.39 is 0 Å². The van der Waals surface area contributed by atoms with Gasteiger partial charge < -0.3 is 9.88 Å². The lowest BCUT2D eigenvalue weighted by Gasteiger charge is -2.13. The highest BCUT2D eigenvalue weighted by molar-refractivity contribution is 5.93. The molecule has 0 spiro atoms. The number of hydrogen-bond acceptors (Lipinski definition) is 1. The first-order valence-electron chi connectivity index (χ1n) is 7.40. The highest BCUT2D eigenvalue weighted by Gasteiger charge is 2.23. The second-order valence-corrected chi connectivity index (χ2v) is 5.84. The smallest absolute Gasteiger partial charge is 0.0486 e. The Balaban J connectivity index is 1.82. The van der Waals surface area contributed by atoms with E-state index in [1.807, 2.05) is 0 Å². The highest BCUT2D eigenvalue weighted by atomic mass is 15.0. The van der Waals surface area contributed by atoms with Gasteiger partial charge in [0, 0.05) is 35.8 Å². The molecule has 1 aliphatic heterocycles. The molecule has 2 heteroatoms. The van der Waals surface area contributed by atoms with E-state index in [0.717, 1.165) is 25.4 Å². The molecule has 1 aliphatic carbocycles. The van der Waals surface area contributed by atoms with Crippen molar-refractivity contribution in [2.24, 2.45) is 5.92 Å². The van der Waals surface area contributed by atoms with Crippen molar-refractivity contribution in [3.05, 3.63) is 42.1 Å². The number of rotatable bonds is 3. The van der Waals surface area contributed by atoms with Crippen LogP contribution in [0.3, 0.4) is 0 Å². The fourth-order valence-corrected chi connectivity index (χ4v) is 3.10. The van der Waals surface area contributed by atoms with Gasteiger partial charge in [0.05, 0.1) is 0 Å². The summed E-state index contributed by atoms with van der Waals surface area (Å²) in [6.45, 7) is 3.32. The maximum absolute atomic E-state index is 3.40. The van der Waals surface area contributed by atoms with E-state index in [1.165, 1.54) is 41.4 Å². The number of para-hydroxylation sites is 1. The molecule has 1 aromatic heterocycles. The maximum atomic E-state index is 3.40. The number of hydrogen-bond donors (Lipinski definition) is 1. The van der Waals surface area contributed by atoms with Crippen LogP contribution >= 0.6 is 0 Å². The van der Waals surface area contributed by atoms with Gasteiger partial charge in [-0.05, 0) is 43.4 Å². The molecule has 1 N–H and O–H groups in total. The SMILES string of the molecule is C1=C(c2cn(CC3CC3)c3ccccc23)CCNC1. The number of aromatic nitrogens is 1. The maximum Gasteiger partial charge on any atom is 0.0486 e. The fraction of sp³-hybridized carbons (Fsp3) is 0.412. The molecule has 0 bridgehead atoms. The van der Waals surface area contributed by atoms with E-state index in [9.17, 15) is 0 Å². The molecule has 1 fully saturated rings. The van der Waals surface area contributed by atoms with Crippen LogP contribution in [0.4, 0.5) is 0 Å². The van der Waals surface area contributed by atoms with E-state index in [1.54, 1.807) is 0 Å². The van der Waals surface area contributed by atoms with Crippen molar-refractivity contribution in [2.75, 3.05) is 13.1 Å². The summed E-state index contributed by atoms with van der Waals surface area (Å²) in [6.07, 6.45) is 8.72. The minimum absolute atomic E-state index is 0.922. The number of nitrogens with one attached hydrogen (secondary N) is 1. The number of fused-ring (bicyclic) bond motifs is 1. The Kier molecular flexibility index (Phi) is 2.70. The van der Waals surface area contributed by atoms with Gasteiger partial charge in [-0.2, -0.15) is 0 Å². The van der Waals surface area contributed by atoms with Crippen molar-refractivity contribution in [1.29, 1.82) is 0 Å². The molecule has 1 saturated carbocycles. The molecular formula is C17H20N2. The number of benzene rings is 1. The van der Waals surface area contributed by atoms with Crippen LogP contribution in [-0.2, 0) is 6.54 Å². The molecule has 0 unspecified atom stereocenters. The van der Waals surface area contributed by atoms with Crippen molar-refractivity contribution in [3.63, 3.8) is 0 Å². The lowest BCUT2D eigenvalue weighted by atomic mass is 10.00. The summed E-state index contributed by atoms with van der Waals surface area (Å²) in [5.41, 5.74) is 4.38. The van der Waals surface area contributed by atoms with Crippen LogP contribution in [0.2, 0.25) is 0 Å². The zero-order chi connectivity index (χ0) is 12.7. The lowest BCUT2D eigenvalue weighted by Crippen LogP contribution is -2.19. The zero-order valence-electron chi connectivity index (χ0n) is 11.2. The molecule has 0 saturated heterocycles. The molecule has 2 aromatic rings. The second kappa shape index (κ2) is 4.53. The minimum atomic E-state index is 0.922. The summed E-state index contributed by atoms with van der Waals surface area (Å²) in [5.74, 6) is 0.922. The average molecular weight is 252 g/mol. The molecule has 2 aliphatic rings. The van der Waals surface area contributed by atoms with Gasteiger partial charge in [0.25, 0.3) is 0 Å². The van der Waals surface area contributed by atoms with E-state index in [2.05, 4.69) is 46.4 Å². The van der Waals surface area contributed by atoms with Crippen LogP contribution in [0.15, 0.2) is 36.5 Å². The van der Waals surface area contributed by atoms with Crippen LogP contribution in [-0.4, -0.2) is 17.7 Å². The summed E-state index contributed by atoms with van der Waals surface area (Å²) < 4.78 is 2.48. The summed E-state index contributed by atoms with van der Waals surface area (Å²) in [4.78, 5) is 0. The third-order valence-electron chi connectivity index (χ3n) is 4.35. The average Bonchev–Trinajstić information content (AvgIpc) is 3.21. The molecule has 4 rings (SSSR count). The van der Waals surface area contributed by atoms with Crippen LogP contribution < -0.4 is 5.32 Å². The summed E-state index contributed by atoms with van der Waals surface area (Å²) >= 11 is 0. The molecule has 1 aromatic carbocycles. The van der Waals surface area contributed by atoms with Crippen LogP contribution in [0.25, 0.3) is 16.5 Å². The molecule has 0 radical (unpaired) electrons. The summed E-state index contributed by atoms with van der Waals surface area (Å²) in [5, 5.41) is 4.83. The summed E-state index contributed by atoms with van der Waals surface area (Å²) in [6, 6.07) is 8.86. The first kappa shape index (κ1) is 11.3. The van der Waals surface area contributed by atoms with Crippen molar-refractivity contribution < 1.29 is 0 Å². The monoisotopic (exact) mass is 252 g/mol. The van der Waals surface area contributed by atoms with E-state index >= 15 is 0 Å².